The van der Waals surface area contributed by atoms with Gasteiger partial charge in [0.2, 0.25) is 0 Å². The standard InChI is InChI=1S/C15H18N4O/c1-10-14(9-17-19-10)15(20)18-13-4-2-11(3-5-13)8-16-12-6-7-12/h2-5,9,12,16H,6-8H2,1H3,(H,17,19)(H,18,20). The average molecular weight is 270 g/mol. The molecule has 20 heavy (non-hydrogen) atoms. The summed E-state index contributed by atoms with van der Waals surface area (Å²) in [5.41, 5.74) is 3.37. The van der Waals surface area contributed by atoms with Crippen LogP contribution in [0.1, 0.15) is 34.5 Å². The van der Waals surface area contributed by atoms with Gasteiger partial charge in [0.15, 0.2) is 0 Å². The molecule has 0 bridgehead atoms. The van der Waals surface area contributed by atoms with E-state index in [1.165, 1.54) is 18.4 Å². The van der Waals surface area contributed by atoms with Crippen LogP contribution >= 0.6 is 0 Å². The number of aromatic nitrogens is 2. The third-order valence-corrected chi connectivity index (χ3v) is 3.46. The number of rotatable bonds is 5. The molecule has 2 aromatic rings. The lowest BCUT2D eigenvalue weighted by Gasteiger charge is -2.07. The molecule has 0 unspecified atom stereocenters. The molecule has 0 atom stereocenters. The maximum atomic E-state index is 12.0. The summed E-state index contributed by atoms with van der Waals surface area (Å²) in [5.74, 6) is -0.139. The van der Waals surface area contributed by atoms with E-state index in [-0.39, 0.29) is 5.91 Å². The lowest BCUT2D eigenvalue weighted by molar-refractivity contribution is 0.102. The smallest absolute Gasteiger partial charge is 0.259 e. The molecule has 3 N–H and O–H groups in total. The van der Waals surface area contributed by atoms with Crippen LogP contribution in [0.5, 0.6) is 0 Å². The maximum Gasteiger partial charge on any atom is 0.259 e. The highest BCUT2D eigenvalue weighted by atomic mass is 16.1. The van der Waals surface area contributed by atoms with Gasteiger partial charge in [-0.1, -0.05) is 12.1 Å². The fourth-order valence-corrected chi connectivity index (χ4v) is 2.03. The van der Waals surface area contributed by atoms with Gasteiger partial charge in [-0.15, -0.1) is 0 Å². The van der Waals surface area contributed by atoms with E-state index in [4.69, 9.17) is 0 Å². The molecular formula is C15H18N4O. The van der Waals surface area contributed by atoms with Crippen molar-refractivity contribution in [3.63, 3.8) is 0 Å². The maximum absolute atomic E-state index is 12.0. The predicted octanol–water partition coefficient (Wildman–Crippen LogP) is 2.22. The van der Waals surface area contributed by atoms with Gasteiger partial charge in [-0.05, 0) is 37.5 Å². The molecule has 1 fully saturated rings. The number of H-pyrrole nitrogens is 1. The van der Waals surface area contributed by atoms with Crippen LogP contribution in [-0.4, -0.2) is 22.1 Å². The lowest BCUT2D eigenvalue weighted by atomic mass is 10.2. The predicted molar refractivity (Wildman–Crippen MR) is 77.6 cm³/mol. The van der Waals surface area contributed by atoms with Crippen molar-refractivity contribution in [2.45, 2.75) is 32.4 Å². The number of anilines is 1. The van der Waals surface area contributed by atoms with Crippen LogP contribution in [0.25, 0.3) is 0 Å². The SMILES string of the molecule is Cc1[nH]ncc1C(=O)Nc1ccc(CNC2CC2)cc1. The molecule has 0 saturated heterocycles. The molecule has 104 valence electrons. The van der Waals surface area contributed by atoms with E-state index in [0.717, 1.165) is 17.9 Å². The quantitative estimate of drug-likeness (QED) is 0.780. The first-order valence-electron chi connectivity index (χ1n) is 6.86. The van der Waals surface area contributed by atoms with E-state index >= 15 is 0 Å². The Balaban J connectivity index is 1.59. The third kappa shape index (κ3) is 3.05. The van der Waals surface area contributed by atoms with Crippen LogP contribution in [-0.2, 0) is 6.54 Å². The molecule has 1 aliphatic rings. The van der Waals surface area contributed by atoms with Crippen molar-refractivity contribution in [1.82, 2.24) is 15.5 Å². The van der Waals surface area contributed by atoms with E-state index in [1.807, 2.05) is 31.2 Å². The number of nitrogens with zero attached hydrogens (tertiary/aromatic N) is 1. The number of aromatic amines is 1. The molecule has 1 aromatic carbocycles. The minimum atomic E-state index is -0.139. The van der Waals surface area contributed by atoms with Crippen molar-refractivity contribution in [3.8, 4) is 0 Å². The van der Waals surface area contributed by atoms with Gasteiger partial charge >= 0.3 is 0 Å². The topological polar surface area (TPSA) is 69.8 Å². The summed E-state index contributed by atoms with van der Waals surface area (Å²) in [6, 6.07) is 8.63. The van der Waals surface area contributed by atoms with Crippen LogP contribution < -0.4 is 10.6 Å². The van der Waals surface area contributed by atoms with Crippen molar-refractivity contribution >= 4 is 11.6 Å². The zero-order valence-electron chi connectivity index (χ0n) is 11.4. The Morgan fingerprint density at radius 3 is 2.70 bits per heavy atom. The van der Waals surface area contributed by atoms with Crippen molar-refractivity contribution in [2.24, 2.45) is 0 Å². The first-order chi connectivity index (χ1) is 9.72. The number of hydrogen-bond acceptors (Lipinski definition) is 3. The zero-order chi connectivity index (χ0) is 13.9. The van der Waals surface area contributed by atoms with Crippen LogP contribution in [0.15, 0.2) is 30.5 Å². The highest BCUT2D eigenvalue weighted by molar-refractivity contribution is 6.04. The molecule has 1 saturated carbocycles. The third-order valence-electron chi connectivity index (χ3n) is 3.46. The van der Waals surface area contributed by atoms with Crippen LogP contribution in [0.4, 0.5) is 5.69 Å². The summed E-state index contributed by atoms with van der Waals surface area (Å²) in [7, 11) is 0. The van der Waals surface area contributed by atoms with Gasteiger partial charge in [0.1, 0.15) is 0 Å². The second-order valence-electron chi connectivity index (χ2n) is 5.21. The summed E-state index contributed by atoms with van der Waals surface area (Å²) in [6.07, 6.45) is 4.12. The van der Waals surface area contributed by atoms with Crippen LogP contribution in [0, 0.1) is 6.92 Å². The van der Waals surface area contributed by atoms with Gasteiger partial charge in [0.05, 0.1) is 11.8 Å². The highest BCUT2D eigenvalue weighted by Crippen LogP contribution is 2.19. The lowest BCUT2D eigenvalue weighted by Crippen LogP contribution is -2.15. The van der Waals surface area contributed by atoms with Crippen molar-refractivity contribution in [1.29, 1.82) is 0 Å². The number of carbonyl (C=O) groups excluding carboxylic acids is 1. The van der Waals surface area contributed by atoms with E-state index in [2.05, 4.69) is 20.8 Å². The van der Waals surface area contributed by atoms with Gasteiger partial charge in [-0.2, -0.15) is 5.10 Å². The van der Waals surface area contributed by atoms with E-state index < -0.39 is 0 Å². The molecule has 1 heterocycles. The van der Waals surface area contributed by atoms with E-state index in [0.29, 0.717) is 11.6 Å². The van der Waals surface area contributed by atoms with E-state index in [1.54, 1.807) is 6.20 Å². The van der Waals surface area contributed by atoms with Crippen molar-refractivity contribution < 1.29 is 4.79 Å². The van der Waals surface area contributed by atoms with Gasteiger partial charge in [0.25, 0.3) is 5.91 Å². The Morgan fingerprint density at radius 2 is 2.10 bits per heavy atom. The molecule has 0 spiro atoms. The molecule has 5 heteroatoms. The molecule has 1 amide bonds. The molecular weight excluding hydrogens is 252 g/mol. The number of benzene rings is 1. The van der Waals surface area contributed by atoms with E-state index in [9.17, 15) is 4.79 Å². The number of amides is 1. The normalized spacial score (nSPS) is 14.2. The van der Waals surface area contributed by atoms with Crippen molar-refractivity contribution in [3.05, 3.63) is 47.3 Å². The fourth-order valence-electron chi connectivity index (χ4n) is 2.03. The number of aryl methyl sites for hydroxylation is 1. The molecule has 0 aliphatic heterocycles. The second kappa shape index (κ2) is 5.46. The first-order valence-corrected chi connectivity index (χ1v) is 6.86. The second-order valence-corrected chi connectivity index (χ2v) is 5.21. The Kier molecular flexibility index (Phi) is 3.52. The summed E-state index contributed by atoms with van der Waals surface area (Å²) in [4.78, 5) is 12.0. The minimum absolute atomic E-state index is 0.139. The minimum Gasteiger partial charge on any atom is -0.322 e. The van der Waals surface area contributed by atoms with Crippen LogP contribution in [0.3, 0.4) is 0 Å². The Labute approximate surface area is 117 Å². The molecule has 3 rings (SSSR count). The Bertz CT molecular complexity index is 599. The number of hydrogen-bond donors (Lipinski definition) is 3. The van der Waals surface area contributed by atoms with Gasteiger partial charge < -0.3 is 10.6 Å². The van der Waals surface area contributed by atoms with Gasteiger partial charge in [-0.3, -0.25) is 9.89 Å². The number of carbonyl (C=O) groups is 1. The molecule has 1 aromatic heterocycles. The number of nitrogens with one attached hydrogen (secondary N) is 3. The molecule has 1 aliphatic carbocycles. The largest absolute Gasteiger partial charge is 0.322 e. The summed E-state index contributed by atoms with van der Waals surface area (Å²) >= 11 is 0. The summed E-state index contributed by atoms with van der Waals surface area (Å²) in [5, 5.41) is 12.9. The van der Waals surface area contributed by atoms with Gasteiger partial charge in [0, 0.05) is 24.0 Å². The zero-order valence-corrected chi connectivity index (χ0v) is 11.4. The van der Waals surface area contributed by atoms with Gasteiger partial charge in [-0.25, -0.2) is 0 Å². The summed E-state index contributed by atoms with van der Waals surface area (Å²) in [6.45, 7) is 2.72. The van der Waals surface area contributed by atoms with Crippen LogP contribution in [0.2, 0.25) is 0 Å². The average Bonchev–Trinajstić information content (AvgIpc) is 3.18. The fraction of sp³-hybridized carbons (Fsp3) is 0.333. The molecule has 0 radical (unpaired) electrons. The Hall–Kier alpha value is -2.14. The highest BCUT2D eigenvalue weighted by Gasteiger charge is 2.19. The summed E-state index contributed by atoms with van der Waals surface area (Å²) < 4.78 is 0. The Morgan fingerprint density at radius 1 is 1.35 bits per heavy atom. The monoisotopic (exact) mass is 270 g/mol. The van der Waals surface area contributed by atoms with Crippen molar-refractivity contribution in [2.75, 3.05) is 5.32 Å². The first kappa shape index (κ1) is 12.9. The molecule has 5 nitrogen and oxygen atoms in total.